The van der Waals surface area contributed by atoms with Gasteiger partial charge in [0.2, 0.25) is 0 Å². The molecule has 1 saturated heterocycles. The molecule has 8 heteroatoms. The minimum Gasteiger partial charge on any atom is -0.361 e. The van der Waals surface area contributed by atoms with Crippen molar-refractivity contribution in [3.8, 4) is 0 Å². The molecule has 6 nitrogen and oxygen atoms in total. The number of nitrogens with zero attached hydrogens (tertiary/aromatic N) is 4. The van der Waals surface area contributed by atoms with E-state index in [4.69, 9.17) is 4.52 Å². The van der Waals surface area contributed by atoms with Crippen LogP contribution >= 0.6 is 35.3 Å². The summed E-state index contributed by atoms with van der Waals surface area (Å²) in [6.07, 6.45) is 0. The van der Waals surface area contributed by atoms with Crippen molar-refractivity contribution in [3.63, 3.8) is 0 Å². The molecule has 0 bridgehead atoms. The first-order valence-corrected chi connectivity index (χ1v) is 8.73. The van der Waals surface area contributed by atoms with Gasteiger partial charge in [0.05, 0.1) is 10.7 Å². The van der Waals surface area contributed by atoms with E-state index in [1.807, 2.05) is 20.9 Å². The maximum absolute atomic E-state index is 5.21. The van der Waals surface area contributed by atoms with Gasteiger partial charge in [-0.15, -0.1) is 35.3 Å². The Balaban J connectivity index is 0.00000208. The van der Waals surface area contributed by atoms with Crippen LogP contribution in [0.2, 0.25) is 0 Å². The molecule has 1 aliphatic heterocycles. The predicted octanol–water partition coefficient (Wildman–Crippen LogP) is 2.87. The first-order chi connectivity index (χ1) is 11.2. The van der Waals surface area contributed by atoms with E-state index in [0.717, 1.165) is 49.2 Å². The summed E-state index contributed by atoms with van der Waals surface area (Å²) in [4.78, 5) is 9.16. The van der Waals surface area contributed by atoms with Crippen LogP contribution in [0.4, 0.5) is 5.00 Å². The number of guanidine groups is 1. The Morgan fingerprint density at radius 2 is 2.08 bits per heavy atom. The fraction of sp³-hybridized carbons (Fsp3) is 0.500. The number of piperazine rings is 1. The number of aromatic nitrogens is 1. The second kappa shape index (κ2) is 8.70. The van der Waals surface area contributed by atoms with Crippen molar-refractivity contribution in [2.24, 2.45) is 4.99 Å². The molecule has 0 aromatic carbocycles. The van der Waals surface area contributed by atoms with Crippen molar-refractivity contribution >= 4 is 46.3 Å². The summed E-state index contributed by atoms with van der Waals surface area (Å²) in [5.41, 5.74) is 2.05. The molecule has 1 fully saturated rings. The Bertz CT molecular complexity index is 643. The van der Waals surface area contributed by atoms with Crippen molar-refractivity contribution in [2.75, 3.05) is 38.1 Å². The quantitative estimate of drug-likeness (QED) is 0.433. The molecule has 0 saturated carbocycles. The van der Waals surface area contributed by atoms with Crippen LogP contribution in [0.25, 0.3) is 0 Å². The highest BCUT2D eigenvalue weighted by atomic mass is 127. The monoisotopic (exact) mass is 461 g/mol. The van der Waals surface area contributed by atoms with Gasteiger partial charge >= 0.3 is 0 Å². The molecule has 0 aliphatic carbocycles. The van der Waals surface area contributed by atoms with Crippen molar-refractivity contribution in [2.45, 2.75) is 20.4 Å². The van der Waals surface area contributed by atoms with Gasteiger partial charge in [-0.3, -0.25) is 4.99 Å². The number of halogens is 1. The lowest BCUT2D eigenvalue weighted by Gasteiger charge is -2.37. The minimum atomic E-state index is 0. The number of aryl methyl sites for hydroxylation is 2. The van der Waals surface area contributed by atoms with Crippen LogP contribution in [0.5, 0.6) is 0 Å². The van der Waals surface area contributed by atoms with E-state index in [2.05, 4.69) is 42.8 Å². The lowest BCUT2D eigenvalue weighted by atomic mass is 10.2. The summed E-state index contributed by atoms with van der Waals surface area (Å²) >= 11 is 1.80. The third kappa shape index (κ3) is 4.21. The highest BCUT2D eigenvalue weighted by Gasteiger charge is 2.20. The zero-order valence-electron chi connectivity index (χ0n) is 14.3. The maximum atomic E-state index is 5.21. The summed E-state index contributed by atoms with van der Waals surface area (Å²) in [6, 6.07) is 4.29. The second-order valence-electron chi connectivity index (χ2n) is 5.63. The molecule has 1 aliphatic rings. The van der Waals surface area contributed by atoms with Crippen LogP contribution < -0.4 is 10.2 Å². The third-order valence-electron chi connectivity index (χ3n) is 4.21. The normalized spacial score (nSPS) is 15.4. The first kappa shape index (κ1) is 19.0. The average Bonchev–Trinajstić information content (AvgIpc) is 3.21. The Morgan fingerprint density at radius 3 is 2.62 bits per heavy atom. The van der Waals surface area contributed by atoms with Gasteiger partial charge in [0, 0.05) is 45.3 Å². The van der Waals surface area contributed by atoms with E-state index >= 15 is 0 Å². The van der Waals surface area contributed by atoms with Gasteiger partial charge in [0.1, 0.15) is 5.76 Å². The molecule has 24 heavy (non-hydrogen) atoms. The van der Waals surface area contributed by atoms with Gasteiger partial charge in [0.15, 0.2) is 5.96 Å². The fourth-order valence-corrected chi connectivity index (χ4v) is 3.63. The van der Waals surface area contributed by atoms with Gasteiger partial charge in [-0.2, -0.15) is 0 Å². The fourth-order valence-electron chi connectivity index (χ4n) is 2.84. The van der Waals surface area contributed by atoms with Gasteiger partial charge in [-0.05, 0) is 31.4 Å². The van der Waals surface area contributed by atoms with E-state index < -0.39 is 0 Å². The van der Waals surface area contributed by atoms with Crippen LogP contribution in [0.15, 0.2) is 27.0 Å². The summed E-state index contributed by atoms with van der Waals surface area (Å²) in [5, 5.41) is 10.9. The minimum absolute atomic E-state index is 0. The zero-order chi connectivity index (χ0) is 16.2. The molecule has 0 spiro atoms. The molecule has 0 atom stereocenters. The molecule has 1 N–H and O–H groups in total. The van der Waals surface area contributed by atoms with Crippen LogP contribution in [-0.2, 0) is 6.54 Å². The third-order valence-corrected chi connectivity index (χ3v) is 5.14. The zero-order valence-corrected chi connectivity index (χ0v) is 17.4. The van der Waals surface area contributed by atoms with E-state index in [1.54, 1.807) is 11.3 Å². The van der Waals surface area contributed by atoms with Crippen LogP contribution in [0, 0.1) is 13.8 Å². The van der Waals surface area contributed by atoms with Gasteiger partial charge in [0.25, 0.3) is 0 Å². The lowest BCUT2D eigenvalue weighted by molar-refractivity contribution is 0.372. The largest absolute Gasteiger partial charge is 0.361 e. The number of thiophene rings is 1. The van der Waals surface area contributed by atoms with Crippen LogP contribution in [-0.4, -0.2) is 49.2 Å². The smallest absolute Gasteiger partial charge is 0.194 e. The topological polar surface area (TPSA) is 56.9 Å². The number of nitrogens with one attached hydrogen (secondary N) is 1. The molecule has 3 heterocycles. The van der Waals surface area contributed by atoms with Crippen molar-refractivity contribution in [1.29, 1.82) is 0 Å². The standard InChI is InChI=1S/C16H23N5OS.HI/c1-12-14(13(2)22-19-12)11-18-16(17-3)21-8-6-20(7-9-21)15-5-4-10-23-15;/h4-5,10H,6-9,11H2,1-3H3,(H,17,18);1H. The van der Waals surface area contributed by atoms with E-state index in [9.17, 15) is 0 Å². The number of aliphatic imine (C=N–C) groups is 1. The number of hydrogen-bond donors (Lipinski definition) is 1. The lowest BCUT2D eigenvalue weighted by Crippen LogP contribution is -2.52. The Morgan fingerprint density at radius 1 is 1.33 bits per heavy atom. The molecule has 3 rings (SSSR count). The number of rotatable bonds is 3. The summed E-state index contributed by atoms with van der Waals surface area (Å²) in [6.45, 7) is 8.59. The second-order valence-corrected chi connectivity index (χ2v) is 6.56. The highest BCUT2D eigenvalue weighted by Crippen LogP contribution is 2.22. The number of hydrogen-bond acceptors (Lipinski definition) is 5. The molecule has 0 amide bonds. The molecule has 132 valence electrons. The van der Waals surface area contributed by atoms with Gasteiger partial charge < -0.3 is 19.6 Å². The number of anilines is 1. The van der Waals surface area contributed by atoms with E-state index in [1.165, 1.54) is 5.00 Å². The van der Waals surface area contributed by atoms with E-state index in [0.29, 0.717) is 6.54 Å². The highest BCUT2D eigenvalue weighted by molar-refractivity contribution is 14.0. The molecule has 2 aromatic heterocycles. The van der Waals surface area contributed by atoms with Crippen molar-refractivity contribution in [3.05, 3.63) is 34.5 Å². The molecule has 0 unspecified atom stereocenters. The molecule has 0 radical (unpaired) electrons. The molecular formula is C16H24IN5OS. The average molecular weight is 461 g/mol. The van der Waals surface area contributed by atoms with Crippen molar-refractivity contribution in [1.82, 2.24) is 15.4 Å². The Kier molecular flexibility index (Phi) is 6.90. The van der Waals surface area contributed by atoms with Crippen LogP contribution in [0.3, 0.4) is 0 Å². The van der Waals surface area contributed by atoms with Crippen molar-refractivity contribution < 1.29 is 4.52 Å². The summed E-state index contributed by atoms with van der Waals surface area (Å²) in [7, 11) is 1.83. The SMILES string of the molecule is CN=C(NCc1c(C)noc1C)N1CCN(c2cccs2)CC1.I. The van der Waals surface area contributed by atoms with Crippen LogP contribution in [0.1, 0.15) is 17.0 Å². The molecular weight excluding hydrogens is 437 g/mol. The Hall–Kier alpha value is -1.29. The predicted molar refractivity (Wildman–Crippen MR) is 110 cm³/mol. The maximum Gasteiger partial charge on any atom is 0.194 e. The summed E-state index contributed by atoms with van der Waals surface area (Å²) in [5.74, 6) is 1.81. The molecule has 2 aromatic rings. The first-order valence-electron chi connectivity index (χ1n) is 7.85. The summed E-state index contributed by atoms with van der Waals surface area (Å²) < 4.78 is 5.21. The Labute approximate surface area is 163 Å². The van der Waals surface area contributed by atoms with Gasteiger partial charge in [-0.1, -0.05) is 5.16 Å². The van der Waals surface area contributed by atoms with E-state index in [-0.39, 0.29) is 24.0 Å². The van der Waals surface area contributed by atoms with Gasteiger partial charge in [-0.25, -0.2) is 0 Å².